The van der Waals surface area contributed by atoms with Crippen molar-refractivity contribution in [1.29, 1.82) is 0 Å². The molecule has 0 aliphatic heterocycles. The van der Waals surface area contributed by atoms with Gasteiger partial charge >= 0.3 is 5.97 Å². The van der Waals surface area contributed by atoms with Gasteiger partial charge in [-0.15, -0.1) is 0 Å². The van der Waals surface area contributed by atoms with E-state index in [1.807, 2.05) is 12.1 Å². The van der Waals surface area contributed by atoms with Gasteiger partial charge in [0.15, 0.2) is 0 Å². The highest BCUT2D eigenvalue weighted by Crippen LogP contribution is 2.15. The predicted molar refractivity (Wildman–Crippen MR) is 64.5 cm³/mol. The van der Waals surface area contributed by atoms with E-state index in [4.69, 9.17) is 5.11 Å². The number of nitrogens with zero attached hydrogens (tertiary/aromatic N) is 1. The first-order valence-corrected chi connectivity index (χ1v) is 7.18. The summed E-state index contributed by atoms with van der Waals surface area (Å²) in [5.74, 6) is -0.807. The number of hydrogen-bond acceptors (Lipinski definition) is 3. The maximum atomic E-state index is 11.4. The largest absolute Gasteiger partial charge is 0.481 e. The lowest BCUT2D eigenvalue weighted by atomic mass is 10.1. The highest BCUT2D eigenvalue weighted by atomic mass is 32.2. The van der Waals surface area contributed by atoms with E-state index in [0.717, 1.165) is 5.56 Å². The third kappa shape index (κ3) is 4.93. The first kappa shape index (κ1) is 12.7. The number of carboxylic acid groups (broad SMARTS) is 1. The molecule has 0 atom stereocenters. The zero-order valence-corrected chi connectivity index (χ0v) is 10.2. The van der Waals surface area contributed by atoms with Crippen molar-refractivity contribution in [2.45, 2.75) is 12.8 Å². The molecule has 0 saturated carbocycles. The molecule has 1 aromatic rings. The van der Waals surface area contributed by atoms with E-state index >= 15 is 0 Å². The molecule has 16 heavy (non-hydrogen) atoms. The van der Waals surface area contributed by atoms with E-state index in [1.165, 1.54) is 0 Å². The number of rotatable bonds is 4. The van der Waals surface area contributed by atoms with Crippen molar-refractivity contribution in [3.8, 4) is 0 Å². The van der Waals surface area contributed by atoms with E-state index in [-0.39, 0.29) is 6.42 Å². The second-order valence-electron chi connectivity index (χ2n) is 3.83. The molecule has 0 spiro atoms. The summed E-state index contributed by atoms with van der Waals surface area (Å²) in [5.41, 5.74) is 1.61. The van der Waals surface area contributed by atoms with Gasteiger partial charge in [-0.05, 0) is 24.1 Å². The van der Waals surface area contributed by atoms with Gasteiger partial charge in [-0.3, -0.25) is 4.79 Å². The monoisotopic (exact) mass is 241 g/mol. The van der Waals surface area contributed by atoms with E-state index in [1.54, 1.807) is 24.6 Å². The Labute approximate surface area is 95.5 Å². The minimum Gasteiger partial charge on any atom is -0.481 e. The Bertz CT molecular complexity index is 476. The van der Waals surface area contributed by atoms with Gasteiger partial charge in [-0.2, -0.15) is 4.36 Å². The van der Waals surface area contributed by atoms with Crippen LogP contribution in [0.2, 0.25) is 0 Å². The SMILES string of the molecule is CS(C)(=O)=Nc1ccc(CCC(=O)O)cc1. The molecule has 0 aliphatic rings. The minimum absolute atomic E-state index is 0.120. The van der Waals surface area contributed by atoms with Crippen molar-refractivity contribution in [3.63, 3.8) is 0 Å². The van der Waals surface area contributed by atoms with Gasteiger partial charge in [0.2, 0.25) is 0 Å². The molecule has 0 aromatic heterocycles. The highest BCUT2D eigenvalue weighted by Gasteiger charge is 1.99. The van der Waals surface area contributed by atoms with Crippen molar-refractivity contribution in [3.05, 3.63) is 29.8 Å². The van der Waals surface area contributed by atoms with Gasteiger partial charge in [0.05, 0.1) is 5.69 Å². The molecule has 1 aromatic carbocycles. The topological polar surface area (TPSA) is 66.7 Å². The lowest BCUT2D eigenvalue weighted by molar-refractivity contribution is -0.136. The summed E-state index contributed by atoms with van der Waals surface area (Å²) in [6.45, 7) is 0. The van der Waals surface area contributed by atoms with Crippen molar-refractivity contribution in [1.82, 2.24) is 0 Å². The zero-order chi connectivity index (χ0) is 12.2. The van der Waals surface area contributed by atoms with Gasteiger partial charge in [-0.1, -0.05) is 12.1 Å². The maximum absolute atomic E-state index is 11.4. The molecular weight excluding hydrogens is 226 g/mol. The molecule has 88 valence electrons. The standard InChI is InChI=1S/C11H15NO3S/c1-16(2,15)12-10-6-3-9(4-7-10)5-8-11(13)14/h3-4,6-7H,5,8H2,1-2H3,(H,13,14). The summed E-state index contributed by atoms with van der Waals surface area (Å²) in [7, 11) is -2.13. The third-order valence-corrected chi connectivity index (χ3v) is 2.54. The van der Waals surface area contributed by atoms with Crippen LogP contribution in [-0.2, 0) is 20.9 Å². The number of aliphatic carboxylic acids is 1. The van der Waals surface area contributed by atoms with Gasteiger partial charge in [0.25, 0.3) is 0 Å². The summed E-state index contributed by atoms with van der Waals surface area (Å²) in [6, 6.07) is 7.13. The average molecular weight is 241 g/mol. The summed E-state index contributed by atoms with van der Waals surface area (Å²) in [6.07, 6.45) is 3.77. The smallest absolute Gasteiger partial charge is 0.303 e. The van der Waals surface area contributed by atoms with Crippen LogP contribution in [0.25, 0.3) is 0 Å². The van der Waals surface area contributed by atoms with Crippen LogP contribution >= 0.6 is 0 Å². The van der Waals surface area contributed by atoms with Crippen LogP contribution in [0.5, 0.6) is 0 Å². The first-order valence-electron chi connectivity index (χ1n) is 4.85. The van der Waals surface area contributed by atoms with Gasteiger partial charge < -0.3 is 5.11 Å². The molecule has 0 fully saturated rings. The van der Waals surface area contributed by atoms with Crippen LogP contribution in [0.1, 0.15) is 12.0 Å². The molecule has 0 unspecified atom stereocenters. The number of aryl methyl sites for hydroxylation is 1. The fraction of sp³-hybridized carbons (Fsp3) is 0.364. The highest BCUT2D eigenvalue weighted by molar-refractivity contribution is 7.92. The van der Waals surface area contributed by atoms with E-state index in [0.29, 0.717) is 12.1 Å². The normalized spacial score (nSPS) is 11.1. The molecule has 5 heteroatoms. The summed E-state index contributed by atoms with van der Waals surface area (Å²) < 4.78 is 15.5. The van der Waals surface area contributed by atoms with Crippen molar-refractivity contribution in [2.75, 3.05) is 12.5 Å². The molecule has 4 nitrogen and oxygen atoms in total. The Kier molecular flexibility index (Phi) is 4.06. The Morgan fingerprint density at radius 1 is 1.31 bits per heavy atom. The Morgan fingerprint density at radius 2 is 1.88 bits per heavy atom. The van der Waals surface area contributed by atoms with Gasteiger partial charge in [-0.25, -0.2) is 4.21 Å². The van der Waals surface area contributed by atoms with E-state index in [9.17, 15) is 9.00 Å². The lowest BCUT2D eigenvalue weighted by Crippen LogP contribution is -1.97. The van der Waals surface area contributed by atoms with Crippen molar-refractivity contribution >= 4 is 21.4 Å². The Hall–Kier alpha value is -1.36. The van der Waals surface area contributed by atoms with E-state index in [2.05, 4.69) is 4.36 Å². The van der Waals surface area contributed by atoms with Gasteiger partial charge in [0.1, 0.15) is 0 Å². The molecule has 0 amide bonds. The predicted octanol–water partition coefficient (Wildman–Crippen LogP) is 2.06. The van der Waals surface area contributed by atoms with Crippen LogP contribution in [-0.4, -0.2) is 27.8 Å². The lowest BCUT2D eigenvalue weighted by Gasteiger charge is -2.00. The first-order chi connectivity index (χ1) is 7.37. The molecule has 0 heterocycles. The maximum Gasteiger partial charge on any atom is 0.303 e. The fourth-order valence-electron chi connectivity index (χ4n) is 1.23. The molecule has 0 aliphatic carbocycles. The number of hydrogen-bond donors (Lipinski definition) is 1. The average Bonchev–Trinajstić information content (AvgIpc) is 2.14. The Balaban J connectivity index is 2.76. The van der Waals surface area contributed by atoms with Gasteiger partial charge in [0, 0.05) is 28.7 Å². The quantitative estimate of drug-likeness (QED) is 0.877. The number of benzene rings is 1. The number of carbonyl (C=O) groups is 1. The molecule has 1 rings (SSSR count). The molecular formula is C11H15NO3S. The Morgan fingerprint density at radius 3 is 2.31 bits per heavy atom. The minimum atomic E-state index is -2.13. The van der Waals surface area contributed by atoms with Crippen LogP contribution in [0.4, 0.5) is 5.69 Å². The summed E-state index contributed by atoms with van der Waals surface area (Å²) in [5, 5.41) is 8.53. The van der Waals surface area contributed by atoms with E-state index < -0.39 is 15.7 Å². The molecule has 0 bridgehead atoms. The van der Waals surface area contributed by atoms with Crippen LogP contribution in [0, 0.1) is 0 Å². The fourth-order valence-corrected chi connectivity index (χ4v) is 1.86. The van der Waals surface area contributed by atoms with Crippen LogP contribution in [0.3, 0.4) is 0 Å². The third-order valence-electron chi connectivity index (χ3n) is 1.89. The number of carboxylic acids is 1. The zero-order valence-electron chi connectivity index (χ0n) is 9.34. The molecule has 0 radical (unpaired) electrons. The second kappa shape index (κ2) is 5.12. The second-order valence-corrected chi connectivity index (χ2v) is 6.38. The van der Waals surface area contributed by atoms with Crippen LogP contribution in [0.15, 0.2) is 28.6 Å². The molecule has 0 saturated heterocycles. The van der Waals surface area contributed by atoms with Crippen molar-refractivity contribution < 1.29 is 14.1 Å². The molecule has 1 N–H and O–H groups in total. The van der Waals surface area contributed by atoms with Crippen LogP contribution < -0.4 is 0 Å². The van der Waals surface area contributed by atoms with Crippen molar-refractivity contribution in [2.24, 2.45) is 4.36 Å². The summed E-state index contributed by atoms with van der Waals surface area (Å²) >= 11 is 0. The summed E-state index contributed by atoms with van der Waals surface area (Å²) in [4.78, 5) is 10.4.